The minimum atomic E-state index is -3.51. The summed E-state index contributed by atoms with van der Waals surface area (Å²) in [6, 6.07) is 1.60. The highest BCUT2D eigenvalue weighted by molar-refractivity contribution is 9.11. The fraction of sp³-hybridized carbons (Fsp3) is 0.444. The van der Waals surface area contributed by atoms with E-state index in [2.05, 4.69) is 15.9 Å². The third-order valence-corrected chi connectivity index (χ3v) is 7.04. The van der Waals surface area contributed by atoms with Crippen molar-refractivity contribution in [3.63, 3.8) is 0 Å². The molecule has 1 aliphatic heterocycles. The van der Waals surface area contributed by atoms with E-state index in [4.69, 9.17) is 5.11 Å². The van der Waals surface area contributed by atoms with Crippen LogP contribution in [-0.4, -0.2) is 36.9 Å². The van der Waals surface area contributed by atoms with Crippen molar-refractivity contribution in [3.05, 3.63) is 15.4 Å². The number of nitrogens with zero attached hydrogens (tertiary/aromatic N) is 1. The molecule has 2 heterocycles. The lowest BCUT2D eigenvalue weighted by molar-refractivity contribution is -0.145. The second-order valence-electron chi connectivity index (χ2n) is 3.88. The Bertz CT molecular complexity index is 540. The van der Waals surface area contributed by atoms with E-state index in [1.807, 2.05) is 6.92 Å². The van der Waals surface area contributed by atoms with E-state index in [1.54, 1.807) is 6.07 Å². The highest BCUT2D eigenvalue weighted by atomic mass is 79.9. The molecule has 94 valence electrons. The highest BCUT2D eigenvalue weighted by Gasteiger charge is 2.41. The number of rotatable bonds is 3. The fourth-order valence-corrected chi connectivity index (χ4v) is 5.39. The molecule has 0 amide bonds. The van der Waals surface area contributed by atoms with E-state index in [9.17, 15) is 13.2 Å². The van der Waals surface area contributed by atoms with Gasteiger partial charge in [-0.25, -0.2) is 8.42 Å². The van der Waals surface area contributed by atoms with Crippen LogP contribution < -0.4 is 0 Å². The third-order valence-electron chi connectivity index (χ3n) is 2.63. The van der Waals surface area contributed by atoms with Gasteiger partial charge in [-0.15, -0.1) is 11.3 Å². The summed E-state index contributed by atoms with van der Waals surface area (Å²) in [7, 11) is -3.51. The predicted octanol–water partition coefficient (Wildman–Crippen LogP) is 1.52. The van der Waals surface area contributed by atoms with Gasteiger partial charge in [0.1, 0.15) is 4.21 Å². The molecular weight excluding hydrogens is 330 g/mol. The van der Waals surface area contributed by atoms with Gasteiger partial charge in [-0.3, -0.25) is 4.79 Å². The molecule has 0 unspecified atom stereocenters. The van der Waals surface area contributed by atoms with E-state index in [-0.39, 0.29) is 17.3 Å². The minimum Gasteiger partial charge on any atom is -0.481 e. The maximum Gasteiger partial charge on any atom is 0.309 e. The molecule has 1 saturated heterocycles. The molecule has 0 aromatic carbocycles. The molecule has 5 nitrogen and oxygen atoms in total. The van der Waals surface area contributed by atoms with Gasteiger partial charge in [0, 0.05) is 13.1 Å². The summed E-state index contributed by atoms with van der Waals surface area (Å²) >= 11 is 4.42. The van der Waals surface area contributed by atoms with E-state index >= 15 is 0 Å². The average molecular weight is 340 g/mol. The van der Waals surface area contributed by atoms with Crippen molar-refractivity contribution in [3.8, 4) is 0 Å². The second-order valence-corrected chi connectivity index (χ2v) is 8.41. The van der Waals surface area contributed by atoms with Crippen LogP contribution >= 0.6 is 27.3 Å². The summed E-state index contributed by atoms with van der Waals surface area (Å²) < 4.78 is 26.4. The van der Waals surface area contributed by atoms with Crippen molar-refractivity contribution in [2.24, 2.45) is 5.92 Å². The quantitative estimate of drug-likeness (QED) is 0.905. The number of sulfonamides is 1. The molecule has 0 bridgehead atoms. The molecule has 1 fully saturated rings. The van der Waals surface area contributed by atoms with Crippen molar-refractivity contribution >= 4 is 43.3 Å². The summed E-state index contributed by atoms with van der Waals surface area (Å²) in [5.41, 5.74) is 0.865. The molecule has 1 N–H and O–H groups in total. The maximum atomic E-state index is 12.1. The number of halogens is 1. The van der Waals surface area contributed by atoms with Gasteiger partial charge in [0.05, 0.1) is 9.70 Å². The van der Waals surface area contributed by atoms with Gasteiger partial charge in [-0.05, 0) is 34.5 Å². The normalized spacial score (nSPS) is 18.0. The van der Waals surface area contributed by atoms with Crippen LogP contribution in [0.1, 0.15) is 5.56 Å². The zero-order valence-corrected chi connectivity index (χ0v) is 12.1. The fourth-order valence-electron chi connectivity index (χ4n) is 1.48. The van der Waals surface area contributed by atoms with Crippen LogP contribution in [0, 0.1) is 12.8 Å². The number of carboxylic acids is 1. The molecule has 0 saturated carbocycles. The van der Waals surface area contributed by atoms with Crippen LogP contribution in [0.15, 0.2) is 14.1 Å². The van der Waals surface area contributed by atoms with Crippen LogP contribution in [0.3, 0.4) is 0 Å². The zero-order valence-electron chi connectivity index (χ0n) is 8.88. The van der Waals surface area contributed by atoms with Crippen LogP contribution in [0.2, 0.25) is 0 Å². The first-order valence-corrected chi connectivity index (χ1v) is 7.86. The second kappa shape index (κ2) is 4.34. The molecule has 1 aliphatic rings. The largest absolute Gasteiger partial charge is 0.481 e. The summed E-state index contributed by atoms with van der Waals surface area (Å²) in [6.07, 6.45) is 0. The maximum absolute atomic E-state index is 12.1. The summed E-state index contributed by atoms with van der Waals surface area (Å²) in [6.45, 7) is 1.94. The molecule has 0 aliphatic carbocycles. The Morgan fingerprint density at radius 2 is 2.18 bits per heavy atom. The Kier molecular flexibility index (Phi) is 3.32. The first-order valence-electron chi connectivity index (χ1n) is 4.81. The number of hydrogen-bond acceptors (Lipinski definition) is 4. The smallest absolute Gasteiger partial charge is 0.309 e. The van der Waals surface area contributed by atoms with Crippen molar-refractivity contribution in [1.82, 2.24) is 4.31 Å². The minimum absolute atomic E-state index is 0.0617. The number of hydrogen-bond donors (Lipinski definition) is 1. The molecule has 1 aromatic rings. The first kappa shape index (κ1) is 13.0. The SMILES string of the molecule is Cc1cc(S(=O)(=O)N2CC(C(=O)O)C2)sc1Br. The number of carbonyl (C=O) groups is 1. The number of thiophene rings is 1. The van der Waals surface area contributed by atoms with Gasteiger partial charge in [-0.1, -0.05) is 0 Å². The van der Waals surface area contributed by atoms with Crippen LogP contribution in [-0.2, 0) is 14.8 Å². The molecule has 0 spiro atoms. The third kappa shape index (κ3) is 2.26. The molecular formula is C9H10BrNO4S2. The van der Waals surface area contributed by atoms with E-state index in [0.29, 0.717) is 0 Å². The van der Waals surface area contributed by atoms with Gasteiger partial charge in [0.2, 0.25) is 0 Å². The Hall–Kier alpha value is -0.440. The number of aryl methyl sites for hydroxylation is 1. The topological polar surface area (TPSA) is 74.7 Å². The van der Waals surface area contributed by atoms with Gasteiger partial charge in [-0.2, -0.15) is 4.31 Å². The Morgan fingerprint density at radius 3 is 2.59 bits per heavy atom. The highest BCUT2D eigenvalue weighted by Crippen LogP contribution is 2.34. The lowest BCUT2D eigenvalue weighted by atomic mass is 10.0. The van der Waals surface area contributed by atoms with Crippen molar-refractivity contribution < 1.29 is 18.3 Å². The van der Waals surface area contributed by atoms with Crippen molar-refractivity contribution in [2.75, 3.05) is 13.1 Å². The lowest BCUT2D eigenvalue weighted by Crippen LogP contribution is -2.52. The average Bonchev–Trinajstić information content (AvgIpc) is 2.43. The van der Waals surface area contributed by atoms with Gasteiger partial charge < -0.3 is 5.11 Å². The summed E-state index contributed by atoms with van der Waals surface area (Å²) in [5.74, 6) is -1.52. The van der Waals surface area contributed by atoms with Gasteiger partial charge in [0.25, 0.3) is 10.0 Å². The molecule has 1 aromatic heterocycles. The lowest BCUT2D eigenvalue weighted by Gasteiger charge is -2.34. The van der Waals surface area contributed by atoms with Crippen LogP contribution in [0.5, 0.6) is 0 Å². The Balaban J connectivity index is 2.19. The van der Waals surface area contributed by atoms with E-state index < -0.39 is 21.9 Å². The van der Waals surface area contributed by atoms with Crippen molar-refractivity contribution in [2.45, 2.75) is 11.1 Å². The molecule has 0 atom stereocenters. The van der Waals surface area contributed by atoms with Crippen LogP contribution in [0.4, 0.5) is 0 Å². The molecule has 8 heteroatoms. The number of carboxylic acid groups (broad SMARTS) is 1. The van der Waals surface area contributed by atoms with E-state index in [1.165, 1.54) is 4.31 Å². The Morgan fingerprint density at radius 1 is 1.59 bits per heavy atom. The number of aliphatic carboxylic acids is 1. The molecule has 17 heavy (non-hydrogen) atoms. The van der Waals surface area contributed by atoms with Crippen LogP contribution in [0.25, 0.3) is 0 Å². The zero-order chi connectivity index (χ0) is 12.8. The predicted molar refractivity (Wildman–Crippen MR) is 66.6 cm³/mol. The summed E-state index contributed by atoms with van der Waals surface area (Å²) in [4.78, 5) is 10.6. The Labute approximate surface area is 111 Å². The summed E-state index contributed by atoms with van der Waals surface area (Å²) in [5, 5.41) is 8.71. The van der Waals surface area contributed by atoms with Gasteiger partial charge in [0.15, 0.2) is 0 Å². The standard InChI is InChI=1S/C9H10BrNO4S2/c1-5-2-7(16-8(5)10)17(14,15)11-3-6(4-11)9(12)13/h2,6H,3-4H2,1H3,(H,12,13). The first-order chi connectivity index (χ1) is 7.82. The van der Waals surface area contributed by atoms with Crippen molar-refractivity contribution in [1.29, 1.82) is 0 Å². The van der Waals surface area contributed by atoms with Gasteiger partial charge >= 0.3 is 5.97 Å². The monoisotopic (exact) mass is 339 g/mol. The molecule has 0 radical (unpaired) electrons. The van der Waals surface area contributed by atoms with E-state index in [0.717, 1.165) is 20.7 Å². The molecule has 2 rings (SSSR count).